The van der Waals surface area contributed by atoms with E-state index in [0.717, 1.165) is 19.3 Å². The van der Waals surface area contributed by atoms with Gasteiger partial charge in [0.25, 0.3) is 0 Å². The lowest BCUT2D eigenvalue weighted by Crippen LogP contribution is -2.15. The lowest BCUT2D eigenvalue weighted by Gasteiger charge is -2.06. The van der Waals surface area contributed by atoms with Gasteiger partial charge in [0.2, 0.25) is 5.89 Å². The van der Waals surface area contributed by atoms with Crippen LogP contribution in [-0.4, -0.2) is 26.5 Å². The predicted molar refractivity (Wildman–Crippen MR) is 65.9 cm³/mol. The maximum Gasteiger partial charge on any atom is 0.316 e. The Morgan fingerprint density at radius 2 is 2.29 bits per heavy atom. The molecule has 0 bridgehead atoms. The molecule has 1 N–H and O–H groups in total. The Morgan fingerprint density at radius 1 is 1.53 bits per heavy atom. The highest BCUT2D eigenvalue weighted by atomic mass is 32.2. The van der Waals surface area contributed by atoms with Crippen molar-refractivity contribution in [3.8, 4) is 0 Å². The third-order valence-electron chi connectivity index (χ3n) is 2.32. The van der Waals surface area contributed by atoms with Crippen molar-refractivity contribution in [1.29, 1.82) is 0 Å². The van der Waals surface area contributed by atoms with Crippen LogP contribution in [0.2, 0.25) is 0 Å². The fourth-order valence-corrected chi connectivity index (χ4v) is 2.16. The Balaban J connectivity index is 2.41. The third kappa shape index (κ3) is 4.77. The molecular weight excluding hydrogens is 240 g/mol. The summed E-state index contributed by atoms with van der Waals surface area (Å²) in [4.78, 5) is 15.0. The first-order chi connectivity index (χ1) is 8.17. The van der Waals surface area contributed by atoms with Gasteiger partial charge in [-0.25, -0.2) is 0 Å². The Bertz CT molecular complexity index is 354. The second kappa shape index (κ2) is 7.32. The smallest absolute Gasteiger partial charge is 0.316 e. The minimum Gasteiger partial charge on any atom is -0.480 e. The second-order valence-electron chi connectivity index (χ2n) is 3.75. The van der Waals surface area contributed by atoms with Crippen molar-refractivity contribution in [2.24, 2.45) is 0 Å². The normalized spacial score (nSPS) is 12.6. The standard InChI is InChI=1S/C11H18N2O3S/c1-3-5-6-9-12-10(16-13-9)7-17-8(4-2)11(14)15/h8H,3-7H2,1-2H3,(H,14,15). The van der Waals surface area contributed by atoms with Crippen LogP contribution in [0.1, 0.15) is 44.8 Å². The van der Waals surface area contributed by atoms with E-state index in [4.69, 9.17) is 9.63 Å². The van der Waals surface area contributed by atoms with E-state index in [9.17, 15) is 4.79 Å². The van der Waals surface area contributed by atoms with Gasteiger partial charge in [-0.3, -0.25) is 4.79 Å². The van der Waals surface area contributed by atoms with Crippen molar-refractivity contribution in [3.63, 3.8) is 0 Å². The maximum absolute atomic E-state index is 10.8. The number of aryl methyl sites for hydroxylation is 1. The molecular formula is C11H18N2O3S. The van der Waals surface area contributed by atoms with Crippen LogP contribution in [0.25, 0.3) is 0 Å². The summed E-state index contributed by atoms with van der Waals surface area (Å²) in [6, 6.07) is 0. The van der Waals surface area contributed by atoms with Crippen LogP contribution in [0.4, 0.5) is 0 Å². The highest BCUT2D eigenvalue weighted by molar-refractivity contribution is 7.99. The molecule has 0 aromatic carbocycles. The van der Waals surface area contributed by atoms with Gasteiger partial charge < -0.3 is 9.63 Å². The van der Waals surface area contributed by atoms with Gasteiger partial charge in [0.15, 0.2) is 5.82 Å². The van der Waals surface area contributed by atoms with E-state index < -0.39 is 11.2 Å². The number of unbranched alkanes of at least 4 members (excludes halogenated alkanes) is 1. The second-order valence-corrected chi connectivity index (χ2v) is 4.95. The summed E-state index contributed by atoms with van der Waals surface area (Å²) in [6.07, 6.45) is 3.55. The summed E-state index contributed by atoms with van der Waals surface area (Å²) in [7, 11) is 0. The van der Waals surface area contributed by atoms with E-state index in [1.807, 2.05) is 6.92 Å². The van der Waals surface area contributed by atoms with Crippen molar-refractivity contribution in [2.45, 2.75) is 50.5 Å². The van der Waals surface area contributed by atoms with Gasteiger partial charge in [-0.2, -0.15) is 4.98 Å². The number of carboxylic acid groups (broad SMARTS) is 1. The zero-order valence-corrected chi connectivity index (χ0v) is 11.0. The van der Waals surface area contributed by atoms with E-state index in [-0.39, 0.29) is 0 Å². The van der Waals surface area contributed by atoms with Gasteiger partial charge in [-0.15, -0.1) is 11.8 Å². The first-order valence-corrected chi connectivity index (χ1v) is 6.88. The minimum atomic E-state index is -0.789. The molecule has 96 valence electrons. The molecule has 0 aliphatic heterocycles. The lowest BCUT2D eigenvalue weighted by atomic mass is 10.2. The average Bonchev–Trinajstić information content (AvgIpc) is 2.75. The molecule has 1 aromatic rings. The molecule has 0 fully saturated rings. The minimum absolute atomic E-state index is 0.402. The van der Waals surface area contributed by atoms with Crippen molar-refractivity contribution in [3.05, 3.63) is 11.7 Å². The number of nitrogens with zero attached hydrogens (tertiary/aromatic N) is 2. The quantitative estimate of drug-likeness (QED) is 0.772. The van der Waals surface area contributed by atoms with Crippen LogP contribution < -0.4 is 0 Å². The molecule has 17 heavy (non-hydrogen) atoms. The van der Waals surface area contributed by atoms with Crippen LogP contribution in [0.3, 0.4) is 0 Å². The SMILES string of the molecule is CCCCc1noc(CSC(CC)C(=O)O)n1. The van der Waals surface area contributed by atoms with Crippen molar-refractivity contribution in [1.82, 2.24) is 10.1 Å². The molecule has 0 amide bonds. The number of carbonyl (C=O) groups is 1. The maximum atomic E-state index is 10.8. The lowest BCUT2D eigenvalue weighted by molar-refractivity contribution is -0.136. The van der Waals surface area contributed by atoms with Gasteiger partial charge in [-0.1, -0.05) is 25.4 Å². The summed E-state index contributed by atoms with van der Waals surface area (Å²) in [6.45, 7) is 3.96. The van der Waals surface area contributed by atoms with Crippen molar-refractivity contribution < 1.29 is 14.4 Å². The molecule has 1 aromatic heterocycles. The number of thioether (sulfide) groups is 1. The average molecular weight is 258 g/mol. The van der Waals surface area contributed by atoms with E-state index >= 15 is 0 Å². The van der Waals surface area contributed by atoms with Gasteiger partial charge in [0.05, 0.1) is 5.75 Å². The van der Waals surface area contributed by atoms with Crippen molar-refractivity contribution in [2.75, 3.05) is 0 Å². The number of hydrogen-bond acceptors (Lipinski definition) is 5. The molecule has 1 atom stereocenters. The van der Waals surface area contributed by atoms with Gasteiger partial charge >= 0.3 is 5.97 Å². The predicted octanol–water partition coefficient (Wildman–Crippen LogP) is 2.51. The molecule has 0 saturated heterocycles. The zero-order valence-electron chi connectivity index (χ0n) is 10.2. The van der Waals surface area contributed by atoms with Gasteiger partial charge in [0.1, 0.15) is 5.25 Å². The van der Waals surface area contributed by atoms with E-state index in [2.05, 4.69) is 17.1 Å². The Labute approximate surface area is 105 Å². The van der Waals surface area contributed by atoms with Gasteiger partial charge in [0, 0.05) is 6.42 Å². The number of aliphatic carboxylic acids is 1. The molecule has 5 nitrogen and oxygen atoms in total. The van der Waals surface area contributed by atoms with E-state index in [0.29, 0.717) is 23.9 Å². The Hall–Kier alpha value is -1.04. The molecule has 1 unspecified atom stereocenters. The fourth-order valence-electron chi connectivity index (χ4n) is 1.32. The first kappa shape index (κ1) is 14.0. The molecule has 1 rings (SSSR count). The summed E-state index contributed by atoms with van der Waals surface area (Å²) in [5.74, 6) is 0.902. The topological polar surface area (TPSA) is 76.2 Å². The number of carboxylic acids is 1. The van der Waals surface area contributed by atoms with Crippen LogP contribution in [0.5, 0.6) is 0 Å². The third-order valence-corrected chi connectivity index (χ3v) is 3.67. The summed E-state index contributed by atoms with van der Waals surface area (Å²) < 4.78 is 5.06. The monoisotopic (exact) mass is 258 g/mol. The largest absolute Gasteiger partial charge is 0.480 e. The fraction of sp³-hybridized carbons (Fsp3) is 0.727. The Kier molecular flexibility index (Phi) is 6.04. The van der Waals surface area contributed by atoms with Crippen LogP contribution in [0.15, 0.2) is 4.52 Å². The first-order valence-electron chi connectivity index (χ1n) is 5.83. The summed E-state index contributed by atoms with van der Waals surface area (Å²) in [5, 5.41) is 12.3. The van der Waals surface area contributed by atoms with E-state index in [1.54, 1.807) is 0 Å². The van der Waals surface area contributed by atoms with Crippen LogP contribution >= 0.6 is 11.8 Å². The van der Waals surface area contributed by atoms with Crippen LogP contribution in [0, 0.1) is 0 Å². The van der Waals surface area contributed by atoms with Gasteiger partial charge in [-0.05, 0) is 12.8 Å². The highest BCUT2D eigenvalue weighted by Gasteiger charge is 2.17. The van der Waals surface area contributed by atoms with Crippen LogP contribution in [-0.2, 0) is 17.0 Å². The molecule has 0 aliphatic carbocycles. The molecule has 0 saturated carbocycles. The zero-order chi connectivity index (χ0) is 12.7. The molecule has 1 heterocycles. The number of rotatable bonds is 8. The molecule has 0 radical (unpaired) electrons. The summed E-state index contributed by atoms with van der Waals surface area (Å²) >= 11 is 1.32. The Morgan fingerprint density at radius 3 is 2.88 bits per heavy atom. The molecule has 0 aliphatic rings. The number of hydrogen-bond donors (Lipinski definition) is 1. The summed E-state index contributed by atoms with van der Waals surface area (Å²) in [5.41, 5.74) is 0. The highest BCUT2D eigenvalue weighted by Crippen LogP contribution is 2.19. The van der Waals surface area contributed by atoms with E-state index in [1.165, 1.54) is 11.8 Å². The molecule has 6 heteroatoms. The van der Waals surface area contributed by atoms with Crippen molar-refractivity contribution >= 4 is 17.7 Å². The number of aromatic nitrogens is 2. The molecule has 0 spiro atoms.